The Labute approximate surface area is 737 Å². The standard InChI is InChI=1S/C80H119N23O21S2/c1-42(2)67(78(122)100-58(36-63(84)109)70(114)91-38-65(111)88-31-32-124-39-66(112)94-52(69(85)113)17-10-11-29-81)102-72(116)53(18-12-30-89-80(86)87)95-64(110)35-48(22-19-45-13-6-5-7-14-45)93-74(118)56(33-46-20-23-49(106)24-21-46)98-77(121)60(41-126)101-71(115)54(25-27-61(82)107)96-75(119)57(34-47-37-90-51-16-9-8-15-50(47)51)99-79(123)68(43(3)104)103-73(117)55(26-28-62(83)108)97-76(120)59(40-125)92-44(4)105/h5-9,13-16,20-21,23-24,37,42-43,48,52-60,67-68,90,104,106,125-126H,10-12,17-19,22,25-36,38-41,81H2,1-4H3,(H2,82,107)(H2,83,108)(H2,84,109)(H2,85,113)(H,88,111)(H,91,114)(H,92,105)(H,93,118)(H,94,112)(H,95,110)(H,96,119)(H,97,120)(H,98,121)(H,99,123)(H,100,122)(H,101,115)(H,102,116)(H,103,117)(H4,86,87,89)/t43-,48+,52-,53+,54+,55+,56+,57+,58+,59+,60+,67+,68+/m1/s1. The number of fused-ring (bicyclic) bond motifs is 1. The zero-order chi connectivity index (χ0) is 93.7. The smallest absolute Gasteiger partial charge is 0.246 e. The Morgan fingerprint density at radius 3 is 1.54 bits per heavy atom. The van der Waals surface area contributed by atoms with Crippen LogP contribution in [0.15, 0.2) is 85.1 Å². The maximum Gasteiger partial charge on any atom is 0.246 e. The zero-order valence-corrected chi connectivity index (χ0v) is 72.2. The first-order valence-corrected chi connectivity index (χ1v) is 41.9. The quantitative estimate of drug-likeness (QED) is 0.00845. The number of hydrogen-bond acceptors (Lipinski definition) is 25. The number of phenolic OH excluding ortho intramolecular Hbond substituents is 1. The van der Waals surface area contributed by atoms with E-state index in [1.807, 2.05) is 0 Å². The topological polar surface area (TPSA) is 733 Å². The van der Waals surface area contributed by atoms with E-state index in [4.69, 9.17) is 44.5 Å². The van der Waals surface area contributed by atoms with Gasteiger partial charge in [-0.3, -0.25) is 91.7 Å². The van der Waals surface area contributed by atoms with Crippen LogP contribution in [0.4, 0.5) is 0 Å². The number of aliphatic hydroxyl groups is 1. The van der Waals surface area contributed by atoms with Crippen molar-refractivity contribution >= 4 is 148 Å². The third-order valence-electron chi connectivity index (χ3n) is 19.3. The number of unbranched alkanes of at least 4 members (excludes halogenated alkanes) is 1. The lowest BCUT2D eigenvalue weighted by atomic mass is 9.99. The fourth-order valence-corrected chi connectivity index (χ4v) is 13.1. The number of primary amides is 4. The first kappa shape index (κ1) is 106. The van der Waals surface area contributed by atoms with Crippen molar-refractivity contribution in [1.82, 2.24) is 84.7 Å². The molecule has 126 heavy (non-hydrogen) atoms. The molecule has 13 atom stereocenters. The molecule has 1 heterocycles. The molecular formula is C80H119N23O21S2. The second kappa shape index (κ2) is 55.5. The number of ether oxygens (including phenoxy) is 1. The summed E-state index contributed by atoms with van der Waals surface area (Å²) >= 11 is 8.46. The van der Waals surface area contributed by atoms with Gasteiger partial charge >= 0.3 is 0 Å². The summed E-state index contributed by atoms with van der Waals surface area (Å²) in [7, 11) is 0. The molecule has 1 aromatic heterocycles. The van der Waals surface area contributed by atoms with Gasteiger partial charge in [-0.15, -0.1) is 0 Å². The van der Waals surface area contributed by atoms with Crippen LogP contribution in [0.2, 0.25) is 0 Å². The predicted molar refractivity (Wildman–Crippen MR) is 465 cm³/mol. The Morgan fingerprint density at radius 2 is 0.968 bits per heavy atom. The van der Waals surface area contributed by atoms with Crippen LogP contribution >= 0.6 is 25.3 Å². The lowest BCUT2D eigenvalue weighted by molar-refractivity contribution is -0.137. The Morgan fingerprint density at radius 1 is 0.460 bits per heavy atom. The number of aromatic amines is 1. The number of aromatic hydroxyl groups is 1. The van der Waals surface area contributed by atoms with E-state index in [1.165, 1.54) is 44.3 Å². The minimum absolute atomic E-state index is 0.00894. The van der Waals surface area contributed by atoms with E-state index in [2.05, 4.69) is 110 Å². The number of carbonyl (C=O) groups is 18. The molecule has 0 aliphatic heterocycles. The van der Waals surface area contributed by atoms with Crippen molar-refractivity contribution in [3.05, 3.63) is 102 Å². The van der Waals surface area contributed by atoms with E-state index < -0.39 is 254 Å². The number of nitrogens with two attached hydrogens (primary N) is 6. The molecule has 0 fully saturated rings. The lowest BCUT2D eigenvalue weighted by Gasteiger charge is -2.29. The van der Waals surface area contributed by atoms with Gasteiger partial charge in [-0.1, -0.05) is 74.5 Å². The number of para-hydroxylation sites is 1. The molecule has 44 nitrogen and oxygen atoms in total. The SMILES string of the molecule is CC(=O)N[C@@H](CS)C(=O)N[C@@H](CCC(N)=O)C(=O)N[C@H](C(=O)N[C@@H](Cc1c[nH]c2ccccc12)C(=O)N[C@@H](CCC(N)=O)C(=O)N[C@@H](CS)C(=O)N[C@@H](Cc1ccc(O)cc1)C(=O)N[C@@H](CCc1ccccc1)CC(=O)N[C@@H](CCCNC(=N)N)C(=O)N[C@H](C(=O)N[C@@H](CC(N)=O)C(=O)NCC(=O)NCCOCC(=O)N[C@H](CCCCN)C(N)=O)C(C)C)[C@@H](C)O. The highest BCUT2D eigenvalue weighted by Gasteiger charge is 2.39. The number of aliphatic hydroxyl groups excluding tert-OH is 1. The summed E-state index contributed by atoms with van der Waals surface area (Å²) in [6.45, 7) is 4.20. The normalized spacial score (nSPS) is 14.1. The van der Waals surface area contributed by atoms with Gasteiger partial charge in [-0.2, -0.15) is 25.3 Å². The van der Waals surface area contributed by atoms with Crippen molar-refractivity contribution in [2.24, 2.45) is 40.3 Å². The van der Waals surface area contributed by atoms with Crippen LogP contribution in [0.5, 0.6) is 5.75 Å². The van der Waals surface area contributed by atoms with Gasteiger partial charge in [-0.25, -0.2) is 0 Å². The number of benzene rings is 3. The molecule has 0 spiro atoms. The number of amides is 18. The highest BCUT2D eigenvalue weighted by Crippen LogP contribution is 2.21. The maximum atomic E-state index is 15.0. The van der Waals surface area contributed by atoms with Crippen molar-refractivity contribution < 1.29 is 101 Å². The molecule has 18 amide bonds. The van der Waals surface area contributed by atoms with Crippen molar-refractivity contribution in [2.45, 2.75) is 203 Å². The second-order valence-corrected chi connectivity index (χ2v) is 30.8. The first-order chi connectivity index (χ1) is 59.7. The Kier molecular flexibility index (Phi) is 46.6. The average molecular weight is 1800 g/mol. The summed E-state index contributed by atoms with van der Waals surface area (Å²) in [5.74, 6) is -19.0. The number of hydrogen-bond donors (Lipinski definition) is 27. The molecule has 46 heteroatoms. The van der Waals surface area contributed by atoms with Crippen molar-refractivity contribution in [1.29, 1.82) is 5.41 Å². The molecule has 0 bridgehead atoms. The van der Waals surface area contributed by atoms with E-state index in [-0.39, 0.29) is 76.1 Å². The highest BCUT2D eigenvalue weighted by atomic mass is 32.1. The van der Waals surface area contributed by atoms with E-state index >= 15 is 4.79 Å². The molecule has 0 aliphatic rings. The number of thiol groups is 2. The summed E-state index contributed by atoms with van der Waals surface area (Å²) < 4.78 is 5.28. The largest absolute Gasteiger partial charge is 0.508 e. The third-order valence-corrected chi connectivity index (χ3v) is 20.0. The van der Waals surface area contributed by atoms with Crippen molar-refractivity contribution in [3.8, 4) is 5.75 Å². The molecule has 0 radical (unpaired) electrons. The number of nitrogens with one attached hydrogen (secondary N) is 17. The van der Waals surface area contributed by atoms with Crippen LogP contribution in [-0.4, -0.2) is 257 Å². The minimum atomic E-state index is -1.92. The average Bonchev–Trinajstić information content (AvgIpc) is 1.67. The fourth-order valence-electron chi connectivity index (χ4n) is 12.6. The van der Waals surface area contributed by atoms with Gasteiger partial charge in [0.15, 0.2) is 5.96 Å². The molecular weight excluding hydrogens is 1680 g/mol. The number of carbonyl (C=O) groups excluding carboxylic acids is 18. The Bertz CT molecular complexity index is 4390. The van der Waals surface area contributed by atoms with Crippen LogP contribution < -0.4 is 114 Å². The van der Waals surface area contributed by atoms with Crippen LogP contribution in [-0.2, 0) is 110 Å². The molecule has 0 saturated heterocycles. The molecule has 3 aromatic carbocycles. The van der Waals surface area contributed by atoms with Gasteiger partial charge in [0.05, 0.1) is 25.7 Å². The summed E-state index contributed by atoms with van der Waals surface area (Å²) in [6.07, 6.45) is -2.68. The number of rotatable bonds is 59. The number of H-pyrrole nitrogens is 1. The predicted octanol–water partition coefficient (Wildman–Crippen LogP) is -7.05. The summed E-state index contributed by atoms with van der Waals surface area (Å²) in [5, 5.41) is 67.2. The summed E-state index contributed by atoms with van der Waals surface area (Å²) in [5.41, 5.74) is 35.0. The molecule has 31 N–H and O–H groups in total. The molecule has 0 saturated carbocycles. The van der Waals surface area contributed by atoms with Gasteiger partial charge < -0.3 is 134 Å². The van der Waals surface area contributed by atoms with E-state index in [0.717, 1.165) is 19.4 Å². The Hall–Kier alpha value is -12.7. The van der Waals surface area contributed by atoms with Gasteiger partial charge in [0.1, 0.15) is 78.8 Å². The van der Waals surface area contributed by atoms with Crippen LogP contribution in [0.25, 0.3) is 10.9 Å². The van der Waals surface area contributed by atoms with Gasteiger partial charge in [0, 0.05) is 86.8 Å². The monoisotopic (exact) mass is 1800 g/mol. The molecule has 692 valence electrons. The fraction of sp³-hybridized carbons (Fsp3) is 0.512. The summed E-state index contributed by atoms with van der Waals surface area (Å²) in [4.78, 5) is 247. The number of aromatic nitrogens is 1. The number of aryl methyl sites for hydroxylation is 1. The second-order valence-electron chi connectivity index (χ2n) is 30.0. The summed E-state index contributed by atoms with van der Waals surface area (Å²) in [6, 6.07) is 2.87. The van der Waals surface area contributed by atoms with Gasteiger partial charge in [0.25, 0.3) is 0 Å². The van der Waals surface area contributed by atoms with Crippen molar-refractivity contribution in [2.75, 3.05) is 50.9 Å². The highest BCUT2D eigenvalue weighted by molar-refractivity contribution is 7.80. The van der Waals surface area contributed by atoms with Crippen LogP contribution in [0, 0.1) is 11.3 Å². The molecule has 4 aromatic rings. The Balaban J connectivity index is 1.61. The lowest BCUT2D eigenvalue weighted by Crippen LogP contribution is -2.62. The van der Waals surface area contributed by atoms with E-state index in [0.29, 0.717) is 41.4 Å². The first-order valence-electron chi connectivity index (χ1n) is 40.6. The van der Waals surface area contributed by atoms with E-state index in [1.54, 1.807) is 54.6 Å². The maximum absolute atomic E-state index is 15.0. The zero-order valence-electron chi connectivity index (χ0n) is 70.4. The molecule has 4 rings (SSSR count). The van der Waals surface area contributed by atoms with Gasteiger partial charge in [0.2, 0.25) is 106 Å². The number of phenols is 1. The van der Waals surface area contributed by atoms with Crippen LogP contribution in [0.3, 0.4) is 0 Å². The van der Waals surface area contributed by atoms with E-state index in [9.17, 15) is 91.7 Å². The van der Waals surface area contributed by atoms with Crippen molar-refractivity contribution in [3.63, 3.8) is 0 Å². The molecule has 0 unspecified atom stereocenters. The van der Waals surface area contributed by atoms with Crippen LogP contribution in [0.1, 0.15) is 121 Å². The van der Waals surface area contributed by atoms with Gasteiger partial charge in [-0.05, 0) is 112 Å². The number of guanidine groups is 1. The third kappa shape index (κ3) is 39.4. The molecule has 0 aliphatic carbocycles. The minimum Gasteiger partial charge on any atom is -0.508 e.